The first kappa shape index (κ1) is 19.2. The van der Waals surface area contributed by atoms with Gasteiger partial charge in [0.1, 0.15) is 18.5 Å². The van der Waals surface area contributed by atoms with E-state index in [0.29, 0.717) is 37.6 Å². The van der Waals surface area contributed by atoms with Gasteiger partial charge < -0.3 is 14.4 Å². The summed E-state index contributed by atoms with van der Waals surface area (Å²) in [4.78, 5) is 25.7. The zero-order valence-electron chi connectivity index (χ0n) is 15.5. The summed E-state index contributed by atoms with van der Waals surface area (Å²) in [6.45, 7) is 9.34. The number of hydrogen-bond donors (Lipinski definition) is 0. The molecule has 1 amide bonds. The molecule has 0 spiro atoms. The van der Waals surface area contributed by atoms with E-state index in [1.807, 2.05) is 37.8 Å². The molecule has 1 aliphatic rings. The third-order valence-electron chi connectivity index (χ3n) is 4.29. The van der Waals surface area contributed by atoms with Crippen molar-refractivity contribution in [1.82, 2.24) is 4.90 Å². The Morgan fingerprint density at radius 3 is 2.76 bits per heavy atom. The lowest BCUT2D eigenvalue weighted by molar-refractivity contribution is -0.135. The van der Waals surface area contributed by atoms with E-state index < -0.39 is 0 Å². The normalized spacial score (nSPS) is 18.2. The molecule has 1 unspecified atom stereocenters. The third kappa shape index (κ3) is 5.16. The number of hydrogen-bond acceptors (Lipinski definition) is 4. The van der Waals surface area contributed by atoms with E-state index in [4.69, 9.17) is 9.47 Å². The fourth-order valence-electron chi connectivity index (χ4n) is 2.96. The fourth-order valence-corrected chi connectivity index (χ4v) is 2.96. The molecule has 1 heterocycles. The van der Waals surface area contributed by atoms with Crippen molar-refractivity contribution >= 4 is 11.7 Å². The smallest absolute Gasteiger partial charge is 0.249 e. The predicted octanol–water partition coefficient (Wildman–Crippen LogP) is 3.16. The first-order chi connectivity index (χ1) is 11.9. The van der Waals surface area contributed by atoms with Crippen molar-refractivity contribution in [3.8, 4) is 5.75 Å². The van der Waals surface area contributed by atoms with Crippen molar-refractivity contribution in [2.75, 3.05) is 26.3 Å². The standard InChI is InChI=1S/C20H27NO4/c1-5-6-14(2)20(23)21-9-10-24-18(12-21)13-25-17-7-8-19(16(4)22)15(3)11-17/h6-8,11,18H,5,9-10,12-13H2,1-4H3. The molecular formula is C20H27NO4. The molecule has 2 rings (SSSR count). The molecule has 1 atom stereocenters. The van der Waals surface area contributed by atoms with Gasteiger partial charge in [0.2, 0.25) is 5.91 Å². The van der Waals surface area contributed by atoms with Crippen LogP contribution in [0.3, 0.4) is 0 Å². The van der Waals surface area contributed by atoms with Crippen molar-refractivity contribution < 1.29 is 19.1 Å². The monoisotopic (exact) mass is 345 g/mol. The zero-order chi connectivity index (χ0) is 18.4. The second kappa shape index (κ2) is 8.81. The van der Waals surface area contributed by atoms with Crippen LogP contribution in [0.2, 0.25) is 0 Å². The molecule has 0 aliphatic carbocycles. The Morgan fingerprint density at radius 2 is 2.12 bits per heavy atom. The maximum atomic E-state index is 12.4. The van der Waals surface area contributed by atoms with E-state index in [0.717, 1.165) is 17.6 Å². The topological polar surface area (TPSA) is 55.8 Å². The van der Waals surface area contributed by atoms with Gasteiger partial charge in [0.15, 0.2) is 5.78 Å². The van der Waals surface area contributed by atoms with Gasteiger partial charge in [-0.1, -0.05) is 13.0 Å². The summed E-state index contributed by atoms with van der Waals surface area (Å²) in [5, 5.41) is 0. The van der Waals surface area contributed by atoms with E-state index in [9.17, 15) is 9.59 Å². The highest BCUT2D eigenvalue weighted by Crippen LogP contribution is 2.19. The highest BCUT2D eigenvalue weighted by atomic mass is 16.5. The quantitative estimate of drug-likeness (QED) is 0.587. The zero-order valence-corrected chi connectivity index (χ0v) is 15.5. The van der Waals surface area contributed by atoms with Gasteiger partial charge in [-0.25, -0.2) is 0 Å². The van der Waals surface area contributed by atoms with Gasteiger partial charge in [-0.15, -0.1) is 0 Å². The van der Waals surface area contributed by atoms with E-state index >= 15 is 0 Å². The number of ether oxygens (including phenoxy) is 2. The number of ketones is 1. The molecule has 136 valence electrons. The molecule has 1 aromatic carbocycles. The first-order valence-corrected chi connectivity index (χ1v) is 8.74. The van der Waals surface area contributed by atoms with E-state index in [2.05, 4.69) is 0 Å². The molecule has 1 aliphatic heterocycles. The summed E-state index contributed by atoms with van der Waals surface area (Å²) in [7, 11) is 0. The van der Waals surface area contributed by atoms with Crippen LogP contribution in [0.1, 0.15) is 43.1 Å². The van der Waals surface area contributed by atoms with Crippen LogP contribution in [0.5, 0.6) is 5.75 Å². The van der Waals surface area contributed by atoms with E-state index in [-0.39, 0.29) is 17.8 Å². The molecular weight excluding hydrogens is 318 g/mol. The number of benzene rings is 1. The average Bonchev–Trinajstić information content (AvgIpc) is 2.59. The Labute approximate surface area is 149 Å². The number of allylic oxidation sites excluding steroid dienone is 1. The van der Waals surface area contributed by atoms with E-state index in [1.165, 1.54) is 0 Å². The van der Waals surface area contributed by atoms with Crippen LogP contribution in [0.4, 0.5) is 0 Å². The summed E-state index contributed by atoms with van der Waals surface area (Å²) in [6, 6.07) is 5.43. The Bertz CT molecular complexity index is 666. The number of Topliss-reactive ketones (excluding diaryl/α,β-unsaturated/α-hetero) is 1. The number of rotatable bonds is 6. The van der Waals surface area contributed by atoms with Crippen molar-refractivity contribution in [2.45, 2.75) is 40.2 Å². The van der Waals surface area contributed by atoms with Gasteiger partial charge in [0.05, 0.1) is 13.2 Å². The molecule has 0 radical (unpaired) electrons. The lowest BCUT2D eigenvalue weighted by Crippen LogP contribution is -2.47. The van der Waals surface area contributed by atoms with Crippen LogP contribution in [-0.4, -0.2) is 49.0 Å². The number of carbonyl (C=O) groups excluding carboxylic acids is 2. The molecule has 1 saturated heterocycles. The molecule has 0 N–H and O–H groups in total. The highest BCUT2D eigenvalue weighted by molar-refractivity contribution is 5.95. The Balaban J connectivity index is 1.93. The van der Waals surface area contributed by atoms with Gasteiger partial charge in [-0.05, 0) is 51.0 Å². The largest absolute Gasteiger partial charge is 0.491 e. The molecule has 25 heavy (non-hydrogen) atoms. The fraction of sp³-hybridized carbons (Fsp3) is 0.500. The Kier molecular flexibility index (Phi) is 6.76. The van der Waals surface area contributed by atoms with Crippen molar-refractivity contribution in [3.63, 3.8) is 0 Å². The maximum Gasteiger partial charge on any atom is 0.249 e. The molecule has 5 nitrogen and oxygen atoms in total. The molecule has 5 heteroatoms. The van der Waals surface area contributed by atoms with Crippen LogP contribution in [0, 0.1) is 6.92 Å². The van der Waals surface area contributed by atoms with Crippen LogP contribution in [0.25, 0.3) is 0 Å². The number of morpholine rings is 1. The summed E-state index contributed by atoms with van der Waals surface area (Å²) in [5.41, 5.74) is 2.38. The number of amides is 1. The number of aryl methyl sites for hydroxylation is 1. The van der Waals surface area contributed by atoms with Crippen LogP contribution >= 0.6 is 0 Å². The van der Waals surface area contributed by atoms with Crippen molar-refractivity contribution in [3.05, 3.63) is 41.0 Å². The lowest BCUT2D eigenvalue weighted by Gasteiger charge is -2.33. The molecule has 1 fully saturated rings. The second-order valence-corrected chi connectivity index (χ2v) is 6.38. The number of nitrogens with zero attached hydrogens (tertiary/aromatic N) is 1. The predicted molar refractivity (Wildman–Crippen MR) is 97.0 cm³/mol. The third-order valence-corrected chi connectivity index (χ3v) is 4.29. The molecule has 0 saturated carbocycles. The van der Waals surface area contributed by atoms with Crippen molar-refractivity contribution in [2.24, 2.45) is 0 Å². The first-order valence-electron chi connectivity index (χ1n) is 8.74. The van der Waals surface area contributed by atoms with Gasteiger partial charge in [-0.2, -0.15) is 0 Å². The van der Waals surface area contributed by atoms with Gasteiger partial charge >= 0.3 is 0 Å². The van der Waals surface area contributed by atoms with E-state index in [1.54, 1.807) is 19.1 Å². The van der Waals surface area contributed by atoms with Crippen LogP contribution in [0.15, 0.2) is 29.8 Å². The highest BCUT2D eigenvalue weighted by Gasteiger charge is 2.25. The summed E-state index contributed by atoms with van der Waals surface area (Å²) >= 11 is 0. The van der Waals surface area contributed by atoms with Crippen LogP contribution in [-0.2, 0) is 9.53 Å². The molecule has 0 bridgehead atoms. The Hall–Kier alpha value is -2.14. The minimum absolute atomic E-state index is 0.0457. The number of carbonyl (C=O) groups is 2. The Morgan fingerprint density at radius 1 is 1.36 bits per heavy atom. The minimum Gasteiger partial charge on any atom is -0.491 e. The summed E-state index contributed by atoms with van der Waals surface area (Å²) in [6.07, 6.45) is 2.65. The lowest BCUT2D eigenvalue weighted by atomic mass is 10.1. The maximum absolute atomic E-state index is 12.4. The summed E-state index contributed by atoms with van der Waals surface area (Å²) < 4.78 is 11.5. The van der Waals surface area contributed by atoms with Crippen molar-refractivity contribution in [1.29, 1.82) is 0 Å². The van der Waals surface area contributed by atoms with Gasteiger partial charge in [-0.3, -0.25) is 9.59 Å². The SMILES string of the molecule is CCC=C(C)C(=O)N1CCOC(COc2ccc(C(C)=O)c(C)c2)C1. The minimum atomic E-state index is -0.153. The second-order valence-electron chi connectivity index (χ2n) is 6.38. The molecule has 0 aromatic heterocycles. The van der Waals surface area contributed by atoms with Gasteiger partial charge in [0.25, 0.3) is 0 Å². The van der Waals surface area contributed by atoms with Gasteiger partial charge in [0, 0.05) is 17.7 Å². The van der Waals surface area contributed by atoms with Crippen LogP contribution < -0.4 is 4.74 Å². The average molecular weight is 345 g/mol. The molecule has 1 aromatic rings. The summed E-state index contributed by atoms with van der Waals surface area (Å²) in [5.74, 6) is 0.817.